The van der Waals surface area contributed by atoms with E-state index in [4.69, 9.17) is 23.7 Å². The second-order valence-corrected chi connectivity index (χ2v) is 12.9. The number of cyclic esters (lactones) is 1. The van der Waals surface area contributed by atoms with Crippen LogP contribution in [0.15, 0.2) is 6.07 Å². The molecule has 5 aliphatic heterocycles. The molecular weight excluding hydrogens is 590 g/mol. The first-order valence-corrected chi connectivity index (χ1v) is 15.4. The average molecular weight is 622 g/mol. The number of phenols is 1. The van der Waals surface area contributed by atoms with Gasteiger partial charge in [0, 0.05) is 41.3 Å². The fraction of sp³-hybridized carbons (Fsp3) is 0.484. The smallest absolute Gasteiger partial charge is 0.375 e. The number of nitrogens with zero attached hydrogens (tertiary/aromatic N) is 3. The molecule has 5 aliphatic rings. The van der Waals surface area contributed by atoms with E-state index in [0.29, 0.717) is 51.7 Å². The molecule has 6 atom stereocenters. The highest BCUT2D eigenvalue weighted by molar-refractivity contribution is 8.00. The van der Waals surface area contributed by atoms with E-state index in [-0.39, 0.29) is 30.9 Å². The maximum absolute atomic E-state index is 12.9. The van der Waals surface area contributed by atoms with E-state index < -0.39 is 47.1 Å². The Labute approximate surface area is 257 Å². The van der Waals surface area contributed by atoms with E-state index in [2.05, 4.69) is 15.9 Å². The fourth-order valence-electron chi connectivity index (χ4n) is 7.90. The minimum absolute atomic E-state index is 0.0240. The maximum Gasteiger partial charge on any atom is 0.375 e. The van der Waals surface area contributed by atoms with Crippen LogP contribution < -0.4 is 18.9 Å². The Morgan fingerprint density at radius 3 is 2.59 bits per heavy atom. The number of carbonyl (C=O) groups is 3. The van der Waals surface area contributed by atoms with E-state index in [1.165, 1.54) is 25.8 Å². The molecule has 0 aliphatic carbocycles. The summed E-state index contributed by atoms with van der Waals surface area (Å²) >= 11 is 1.22. The number of ketones is 1. The van der Waals surface area contributed by atoms with Crippen LogP contribution in [0.5, 0.6) is 28.7 Å². The topological polar surface area (TPSA) is 148 Å². The molecule has 12 nitrogen and oxygen atoms in total. The molecule has 13 heteroatoms. The quantitative estimate of drug-likeness (QED) is 0.298. The molecule has 0 radical (unpaired) electrons. The summed E-state index contributed by atoms with van der Waals surface area (Å²) in [6.45, 7) is 4.65. The van der Waals surface area contributed by atoms with Crippen LogP contribution in [0.2, 0.25) is 0 Å². The summed E-state index contributed by atoms with van der Waals surface area (Å²) in [4.78, 5) is 42.3. The van der Waals surface area contributed by atoms with Gasteiger partial charge in [-0.05, 0) is 38.4 Å². The third-order valence-electron chi connectivity index (χ3n) is 9.54. The lowest BCUT2D eigenvalue weighted by Gasteiger charge is -2.61. The molecule has 2 saturated heterocycles. The van der Waals surface area contributed by atoms with Crippen molar-refractivity contribution in [3.05, 3.63) is 39.4 Å². The minimum Gasteiger partial charge on any atom is -0.504 e. The summed E-state index contributed by atoms with van der Waals surface area (Å²) in [5, 5.41) is 21.9. The van der Waals surface area contributed by atoms with Crippen LogP contribution in [-0.4, -0.2) is 84.1 Å². The standard InChI is InChI=1S/C31H31N3O9S/c1-12-6-15-7-16-17(8-32)34-18-9-40-31(38)19(36)10-44-30(24(34)23(33(16)4)20(15)25(37)26(12)39-5)22-21(18)29-28(41-11-42-29)13(2)27(22)43-14(3)35/h6,16-18,23-24,30,37H,7,9-11H2,1-5H3/t16-,17?,18-,23+,24?,30+/m0/s1. The number of aryl methyl sites for hydroxylation is 1. The number of nitriles is 1. The van der Waals surface area contributed by atoms with Gasteiger partial charge < -0.3 is 28.8 Å². The molecule has 0 aromatic heterocycles. The number of benzene rings is 2. The van der Waals surface area contributed by atoms with E-state index >= 15 is 0 Å². The lowest BCUT2D eigenvalue weighted by atomic mass is 9.71. The van der Waals surface area contributed by atoms with Crippen LogP contribution >= 0.6 is 11.8 Å². The summed E-state index contributed by atoms with van der Waals surface area (Å²) in [5.74, 6) is -0.855. The second-order valence-electron chi connectivity index (χ2n) is 11.8. The molecule has 2 aromatic rings. The van der Waals surface area contributed by atoms with Gasteiger partial charge >= 0.3 is 11.9 Å². The molecule has 5 heterocycles. The number of hydrogen-bond acceptors (Lipinski definition) is 13. The maximum atomic E-state index is 12.9. The summed E-state index contributed by atoms with van der Waals surface area (Å²) in [5.41, 5.74) is 4.16. The zero-order chi connectivity index (χ0) is 31.2. The molecule has 2 unspecified atom stereocenters. The van der Waals surface area contributed by atoms with Crippen molar-refractivity contribution in [2.24, 2.45) is 0 Å². The highest BCUT2D eigenvalue weighted by Crippen LogP contribution is 2.63. The number of phenolic OH excluding ortho intramolecular Hbond substituents is 1. The first-order chi connectivity index (χ1) is 21.1. The van der Waals surface area contributed by atoms with Gasteiger partial charge in [-0.2, -0.15) is 5.26 Å². The second kappa shape index (κ2) is 10.3. The molecule has 2 aromatic carbocycles. The molecule has 44 heavy (non-hydrogen) atoms. The number of carbonyl (C=O) groups excluding carboxylic acids is 3. The number of hydrogen-bond donors (Lipinski definition) is 1. The summed E-state index contributed by atoms with van der Waals surface area (Å²) in [7, 11) is 3.45. The number of piperazine rings is 1. The summed E-state index contributed by atoms with van der Waals surface area (Å²) in [6.07, 6.45) is 0.488. The monoisotopic (exact) mass is 621 g/mol. The Morgan fingerprint density at radius 1 is 1.14 bits per heavy atom. The molecule has 0 saturated carbocycles. The van der Waals surface area contributed by atoms with Crippen molar-refractivity contribution in [1.29, 1.82) is 5.26 Å². The van der Waals surface area contributed by atoms with Crippen LogP contribution in [-0.2, 0) is 25.5 Å². The first-order valence-electron chi connectivity index (χ1n) is 14.3. The van der Waals surface area contributed by atoms with Gasteiger partial charge in [-0.3, -0.25) is 19.4 Å². The fourth-order valence-corrected chi connectivity index (χ4v) is 9.23. The zero-order valence-corrected chi connectivity index (χ0v) is 25.6. The largest absolute Gasteiger partial charge is 0.504 e. The molecular formula is C31H31N3O9S. The van der Waals surface area contributed by atoms with Crippen molar-refractivity contribution < 1.29 is 43.2 Å². The van der Waals surface area contributed by atoms with Gasteiger partial charge in [0.1, 0.15) is 18.4 Å². The van der Waals surface area contributed by atoms with Crippen molar-refractivity contribution in [3.63, 3.8) is 0 Å². The van der Waals surface area contributed by atoms with Crippen LogP contribution in [0.25, 0.3) is 0 Å². The Hall–Kier alpha value is -3.99. The molecule has 0 spiro atoms. The van der Waals surface area contributed by atoms with Gasteiger partial charge in [-0.15, -0.1) is 11.8 Å². The number of aromatic hydroxyl groups is 1. The summed E-state index contributed by atoms with van der Waals surface area (Å²) < 4.78 is 29.0. The number of Topliss-reactive ketones (excluding diaryl/α,β-unsaturated/α-hetero) is 1. The van der Waals surface area contributed by atoms with Crippen LogP contribution in [0.4, 0.5) is 0 Å². The van der Waals surface area contributed by atoms with Crippen LogP contribution in [0.1, 0.15) is 57.6 Å². The van der Waals surface area contributed by atoms with Crippen molar-refractivity contribution in [2.75, 3.05) is 33.3 Å². The van der Waals surface area contributed by atoms with E-state index in [0.717, 1.165) is 11.1 Å². The van der Waals surface area contributed by atoms with Crippen molar-refractivity contribution in [2.45, 2.75) is 62.7 Å². The van der Waals surface area contributed by atoms with E-state index in [1.54, 1.807) is 6.92 Å². The van der Waals surface area contributed by atoms with Gasteiger partial charge in [0.05, 0.1) is 36.3 Å². The number of esters is 2. The Kier molecular flexibility index (Phi) is 6.73. The van der Waals surface area contributed by atoms with Crippen molar-refractivity contribution in [3.8, 4) is 34.8 Å². The number of ether oxygens (including phenoxy) is 5. The van der Waals surface area contributed by atoms with Gasteiger partial charge in [-0.25, -0.2) is 4.79 Å². The Bertz CT molecular complexity index is 1690. The highest BCUT2D eigenvalue weighted by atomic mass is 32.2. The zero-order valence-electron chi connectivity index (χ0n) is 24.8. The normalized spacial score (nSPS) is 28.7. The predicted molar refractivity (Wildman–Crippen MR) is 155 cm³/mol. The first kappa shape index (κ1) is 28.8. The minimum atomic E-state index is -0.949. The molecule has 4 bridgehead atoms. The van der Waals surface area contributed by atoms with E-state index in [1.807, 2.05) is 20.0 Å². The number of rotatable bonds is 2. The molecule has 7 rings (SSSR count). The van der Waals surface area contributed by atoms with Gasteiger partial charge in [-0.1, -0.05) is 6.07 Å². The van der Waals surface area contributed by atoms with Gasteiger partial charge in [0.25, 0.3) is 0 Å². The third-order valence-corrected chi connectivity index (χ3v) is 10.8. The lowest BCUT2D eigenvalue weighted by molar-refractivity contribution is -0.157. The molecule has 230 valence electrons. The number of likely N-dealkylation sites (N-methyl/N-ethyl adjacent to an activating group) is 1. The van der Waals surface area contributed by atoms with Crippen LogP contribution in [0.3, 0.4) is 0 Å². The van der Waals surface area contributed by atoms with Crippen molar-refractivity contribution >= 4 is 29.5 Å². The van der Waals surface area contributed by atoms with Crippen LogP contribution in [0, 0.1) is 25.2 Å². The molecule has 2 fully saturated rings. The SMILES string of the molecule is COc1c(C)cc2c(c1O)[C@@H]1C3[C@@H]4SCC(=O)C(=O)OC[C@@H](c5c6c(c(C)c(OC(C)=O)c54)OCO6)N3C(C#N)[C@H](C2)N1C. The van der Waals surface area contributed by atoms with Gasteiger partial charge in [0.2, 0.25) is 12.6 Å². The highest BCUT2D eigenvalue weighted by Gasteiger charge is 2.60. The van der Waals surface area contributed by atoms with E-state index in [9.17, 15) is 24.8 Å². The third kappa shape index (κ3) is 3.87. The number of methoxy groups -OCH3 is 1. The average Bonchev–Trinajstić information content (AvgIpc) is 3.47. The molecule has 0 amide bonds. The molecule has 1 N–H and O–H groups in total. The predicted octanol–water partition coefficient (Wildman–Crippen LogP) is 2.80. The summed E-state index contributed by atoms with van der Waals surface area (Å²) in [6, 6.07) is 1.81. The van der Waals surface area contributed by atoms with Gasteiger partial charge in [0.15, 0.2) is 23.0 Å². The Morgan fingerprint density at radius 2 is 1.89 bits per heavy atom. The lowest BCUT2D eigenvalue weighted by Crippen LogP contribution is -2.69. The van der Waals surface area contributed by atoms with Crippen molar-refractivity contribution in [1.82, 2.24) is 9.80 Å². The number of thioether (sulfide) groups is 1. The Balaban J connectivity index is 1.57. The number of fused-ring (bicyclic) bond motifs is 9.